The number of ether oxygens (including phenoxy) is 2. The van der Waals surface area contributed by atoms with Crippen molar-refractivity contribution in [3.05, 3.63) is 23.9 Å². The Bertz CT molecular complexity index is 853. The van der Waals surface area contributed by atoms with Crippen molar-refractivity contribution in [3.63, 3.8) is 0 Å². The van der Waals surface area contributed by atoms with Gasteiger partial charge in [0.15, 0.2) is 5.60 Å². The highest BCUT2D eigenvalue weighted by Gasteiger charge is 2.49. The topological polar surface area (TPSA) is 92.8 Å². The summed E-state index contributed by atoms with van der Waals surface area (Å²) in [4.78, 5) is 29.1. The average Bonchev–Trinajstić information content (AvgIpc) is 3.07. The van der Waals surface area contributed by atoms with Gasteiger partial charge < -0.3 is 25.0 Å². The van der Waals surface area contributed by atoms with Crippen LogP contribution in [0.2, 0.25) is 0 Å². The van der Waals surface area contributed by atoms with E-state index in [2.05, 4.69) is 10.3 Å². The molecule has 0 unspecified atom stereocenters. The second-order valence-corrected chi connectivity index (χ2v) is 7.80. The molecule has 34 heavy (non-hydrogen) atoms. The SMILES string of the molecule is COC[C@H](c1ccnc(NC(=O)CCOC(C)(C)C(F)(F)F)c1)N1C[C@@H](C(F)(F)F)NC1=O.Cl. The van der Waals surface area contributed by atoms with Gasteiger partial charge in [-0.1, -0.05) is 0 Å². The molecule has 3 amide bonds. The van der Waals surface area contributed by atoms with Crippen LogP contribution in [-0.2, 0) is 14.3 Å². The Labute approximate surface area is 197 Å². The summed E-state index contributed by atoms with van der Waals surface area (Å²) in [5, 5.41) is 4.26. The molecular formula is C19H25ClF6N4O4. The molecule has 1 saturated heterocycles. The van der Waals surface area contributed by atoms with E-state index in [0.717, 1.165) is 18.7 Å². The normalized spacial score (nSPS) is 17.7. The lowest BCUT2D eigenvalue weighted by Gasteiger charge is -2.28. The quantitative estimate of drug-likeness (QED) is 0.481. The minimum absolute atomic E-state index is 0. The highest BCUT2D eigenvalue weighted by molar-refractivity contribution is 5.89. The number of aromatic nitrogens is 1. The third-order valence-corrected chi connectivity index (χ3v) is 4.94. The molecule has 2 heterocycles. The molecule has 2 N–H and O–H groups in total. The van der Waals surface area contributed by atoms with Crippen LogP contribution in [0.5, 0.6) is 0 Å². The Kier molecular flexibility index (Phi) is 9.97. The molecule has 2 atom stereocenters. The number of carbonyl (C=O) groups is 2. The summed E-state index contributed by atoms with van der Waals surface area (Å²) in [6.07, 6.45) is -8.36. The van der Waals surface area contributed by atoms with E-state index in [1.54, 1.807) is 0 Å². The van der Waals surface area contributed by atoms with Crippen molar-refractivity contribution in [3.8, 4) is 0 Å². The van der Waals surface area contributed by atoms with E-state index >= 15 is 0 Å². The molecular weight excluding hydrogens is 498 g/mol. The second kappa shape index (κ2) is 11.4. The van der Waals surface area contributed by atoms with Crippen LogP contribution in [0.25, 0.3) is 0 Å². The number of amides is 3. The molecule has 194 valence electrons. The van der Waals surface area contributed by atoms with E-state index in [1.807, 2.05) is 5.32 Å². The largest absolute Gasteiger partial charge is 0.416 e. The van der Waals surface area contributed by atoms with Gasteiger partial charge in [0.2, 0.25) is 5.91 Å². The number of alkyl halides is 6. The van der Waals surface area contributed by atoms with Gasteiger partial charge in [0, 0.05) is 13.3 Å². The molecule has 1 aliphatic heterocycles. The molecule has 1 fully saturated rings. The third kappa shape index (κ3) is 7.60. The fourth-order valence-corrected chi connectivity index (χ4v) is 2.94. The monoisotopic (exact) mass is 522 g/mol. The smallest absolute Gasteiger partial charge is 0.382 e. The van der Waals surface area contributed by atoms with E-state index in [1.165, 1.54) is 25.4 Å². The molecule has 0 saturated carbocycles. The Morgan fingerprint density at radius 3 is 2.47 bits per heavy atom. The molecule has 1 aromatic rings. The zero-order valence-corrected chi connectivity index (χ0v) is 19.2. The predicted octanol–water partition coefficient (Wildman–Crippen LogP) is 3.83. The second-order valence-electron chi connectivity index (χ2n) is 7.80. The van der Waals surface area contributed by atoms with E-state index < -0.39 is 61.5 Å². The van der Waals surface area contributed by atoms with Gasteiger partial charge in [-0.15, -0.1) is 12.4 Å². The van der Waals surface area contributed by atoms with Gasteiger partial charge in [0.25, 0.3) is 0 Å². The van der Waals surface area contributed by atoms with E-state index in [4.69, 9.17) is 9.47 Å². The van der Waals surface area contributed by atoms with E-state index in [9.17, 15) is 35.9 Å². The zero-order valence-electron chi connectivity index (χ0n) is 18.4. The van der Waals surface area contributed by atoms with Crippen LogP contribution in [0, 0.1) is 0 Å². The lowest BCUT2D eigenvalue weighted by Crippen LogP contribution is -2.42. The summed E-state index contributed by atoms with van der Waals surface area (Å²) in [6.45, 7) is 0.410. The first kappa shape index (κ1) is 29.7. The van der Waals surface area contributed by atoms with Crippen LogP contribution in [-0.4, -0.2) is 72.7 Å². The van der Waals surface area contributed by atoms with Crippen molar-refractivity contribution < 1.29 is 45.4 Å². The van der Waals surface area contributed by atoms with Crippen molar-refractivity contribution in [2.75, 3.05) is 32.2 Å². The lowest BCUT2D eigenvalue weighted by molar-refractivity contribution is -0.263. The average molecular weight is 523 g/mol. The van der Waals surface area contributed by atoms with Crippen molar-refractivity contribution in [2.24, 2.45) is 0 Å². The number of hydrogen-bond acceptors (Lipinski definition) is 5. The molecule has 2 rings (SSSR count). The number of rotatable bonds is 9. The molecule has 0 aromatic carbocycles. The minimum atomic E-state index is -4.62. The molecule has 0 aliphatic carbocycles. The highest BCUT2D eigenvalue weighted by Crippen LogP contribution is 2.33. The van der Waals surface area contributed by atoms with Crippen LogP contribution < -0.4 is 10.6 Å². The summed E-state index contributed by atoms with van der Waals surface area (Å²) >= 11 is 0. The molecule has 8 nitrogen and oxygen atoms in total. The molecule has 0 spiro atoms. The van der Waals surface area contributed by atoms with Crippen molar-refractivity contribution in [1.82, 2.24) is 15.2 Å². The first-order chi connectivity index (χ1) is 15.2. The molecule has 0 radical (unpaired) electrons. The maximum absolute atomic E-state index is 13.0. The van der Waals surface area contributed by atoms with Crippen LogP contribution in [0.3, 0.4) is 0 Å². The van der Waals surface area contributed by atoms with Gasteiger partial charge in [-0.25, -0.2) is 9.78 Å². The van der Waals surface area contributed by atoms with Crippen LogP contribution in [0.1, 0.15) is 31.9 Å². The standard InChI is InChI=1S/C19H24F6N4O4.ClH/c1-17(2,19(23,24)25)33-7-5-15(30)28-14-8-11(4-6-26-14)12(10-32-3)29-9-13(18(20,21)22)27-16(29)31;/h4,6,8,12-13H,5,7,9-10H2,1-3H3,(H,27,31)(H,26,28,30);1H/t12-,13+;/m1./s1. The van der Waals surface area contributed by atoms with Crippen LogP contribution in [0.4, 0.5) is 37.0 Å². The number of nitrogens with one attached hydrogen (secondary N) is 2. The number of urea groups is 1. The summed E-state index contributed by atoms with van der Waals surface area (Å²) in [5.74, 6) is -0.683. The maximum Gasteiger partial charge on any atom is 0.416 e. The highest BCUT2D eigenvalue weighted by atomic mass is 35.5. The van der Waals surface area contributed by atoms with Crippen LogP contribution in [0.15, 0.2) is 18.3 Å². The number of hydrogen-bond donors (Lipinski definition) is 2. The molecule has 0 bridgehead atoms. The van der Waals surface area contributed by atoms with Gasteiger partial charge in [-0.05, 0) is 31.5 Å². The first-order valence-corrected chi connectivity index (χ1v) is 9.75. The Morgan fingerprint density at radius 2 is 1.94 bits per heavy atom. The van der Waals surface area contributed by atoms with Gasteiger partial charge in [-0.3, -0.25) is 4.79 Å². The number of anilines is 1. The molecule has 15 heteroatoms. The lowest BCUT2D eigenvalue weighted by atomic mass is 10.1. The number of halogens is 7. The number of nitrogens with zero attached hydrogens (tertiary/aromatic N) is 2. The maximum atomic E-state index is 13.0. The fraction of sp³-hybridized carbons (Fsp3) is 0.632. The van der Waals surface area contributed by atoms with Crippen LogP contribution >= 0.6 is 12.4 Å². The fourth-order valence-electron chi connectivity index (χ4n) is 2.94. The minimum Gasteiger partial charge on any atom is -0.382 e. The van der Waals surface area contributed by atoms with E-state index in [-0.39, 0.29) is 24.8 Å². The Hall–Kier alpha value is -2.32. The third-order valence-electron chi connectivity index (χ3n) is 4.94. The summed E-state index contributed by atoms with van der Waals surface area (Å²) < 4.78 is 87.2. The Balaban J connectivity index is 0.00000578. The number of pyridine rings is 1. The molecule has 1 aliphatic rings. The van der Waals surface area contributed by atoms with Gasteiger partial charge in [0.1, 0.15) is 11.9 Å². The predicted molar refractivity (Wildman–Crippen MR) is 111 cm³/mol. The zero-order chi connectivity index (χ0) is 25.0. The Morgan fingerprint density at radius 1 is 1.29 bits per heavy atom. The van der Waals surface area contributed by atoms with Crippen molar-refractivity contribution >= 4 is 30.2 Å². The van der Waals surface area contributed by atoms with Crippen molar-refractivity contribution in [1.29, 1.82) is 0 Å². The van der Waals surface area contributed by atoms with Crippen molar-refractivity contribution in [2.45, 2.75) is 50.3 Å². The summed E-state index contributed by atoms with van der Waals surface area (Å²) in [7, 11) is 1.31. The molecule has 1 aromatic heterocycles. The van der Waals surface area contributed by atoms with Gasteiger partial charge >= 0.3 is 18.4 Å². The van der Waals surface area contributed by atoms with Gasteiger partial charge in [0.05, 0.1) is 32.2 Å². The summed E-state index contributed by atoms with van der Waals surface area (Å²) in [5.41, 5.74) is -2.08. The van der Waals surface area contributed by atoms with E-state index in [0.29, 0.717) is 5.56 Å². The number of carbonyl (C=O) groups excluding carboxylic acids is 2. The summed E-state index contributed by atoms with van der Waals surface area (Å²) in [6, 6.07) is -1.08. The number of methoxy groups -OCH3 is 1. The first-order valence-electron chi connectivity index (χ1n) is 9.75. The van der Waals surface area contributed by atoms with Gasteiger partial charge in [-0.2, -0.15) is 26.3 Å².